The number of carbonyl (C=O) groups is 3. The fourth-order valence-corrected chi connectivity index (χ4v) is 6.72. The molecule has 4 atom stereocenters. The number of benzene rings is 1. The van der Waals surface area contributed by atoms with Crippen molar-refractivity contribution in [1.29, 1.82) is 0 Å². The lowest BCUT2D eigenvalue weighted by Gasteiger charge is -2.39. The van der Waals surface area contributed by atoms with E-state index in [-0.39, 0.29) is 43.1 Å². The van der Waals surface area contributed by atoms with Gasteiger partial charge in [-0.1, -0.05) is 43.3 Å². The molecule has 11 heteroatoms. The molecule has 1 saturated heterocycles. The number of aliphatic hydroxyl groups is 1. The molecule has 3 heterocycles. The minimum atomic E-state index is -0.840. The van der Waals surface area contributed by atoms with Crippen molar-refractivity contribution in [2.24, 2.45) is 5.41 Å². The zero-order chi connectivity index (χ0) is 29.5. The number of carbonyl (C=O) groups excluding carboxylic acids is 3. The van der Waals surface area contributed by atoms with Gasteiger partial charge in [-0.15, -0.1) is 11.3 Å². The molecule has 0 unspecified atom stereocenters. The first-order valence-electron chi connectivity index (χ1n) is 14.0. The van der Waals surface area contributed by atoms with Crippen molar-refractivity contribution in [3.05, 3.63) is 58.1 Å². The maximum Gasteiger partial charge on any atom is 0.360 e. The van der Waals surface area contributed by atoms with Crippen LogP contribution in [-0.4, -0.2) is 63.2 Å². The van der Waals surface area contributed by atoms with Gasteiger partial charge in [-0.25, -0.2) is 9.78 Å². The number of esters is 1. The number of aryl methyl sites for hydroxylation is 1. The van der Waals surface area contributed by atoms with Crippen LogP contribution in [0, 0.1) is 12.3 Å². The number of hydrogen-bond acceptors (Lipinski definition) is 9. The molecule has 2 aliphatic rings. The van der Waals surface area contributed by atoms with Crippen LogP contribution in [0.15, 0.2) is 34.3 Å². The normalized spacial score (nSPS) is 22.2. The number of ether oxygens (including phenoxy) is 1. The monoisotopic (exact) mass is 580 g/mol. The van der Waals surface area contributed by atoms with E-state index in [1.807, 2.05) is 57.5 Å². The zero-order valence-corrected chi connectivity index (χ0v) is 24.8. The van der Waals surface area contributed by atoms with E-state index >= 15 is 0 Å². The lowest BCUT2D eigenvalue weighted by molar-refractivity contribution is -0.143. The van der Waals surface area contributed by atoms with Gasteiger partial charge in [-0.2, -0.15) is 0 Å². The van der Waals surface area contributed by atoms with E-state index in [0.717, 1.165) is 21.7 Å². The first-order chi connectivity index (χ1) is 19.5. The van der Waals surface area contributed by atoms with Crippen LogP contribution in [-0.2, 0) is 20.7 Å². The average molecular weight is 581 g/mol. The van der Waals surface area contributed by atoms with Crippen LogP contribution >= 0.6 is 11.3 Å². The predicted molar refractivity (Wildman–Crippen MR) is 152 cm³/mol. The summed E-state index contributed by atoms with van der Waals surface area (Å²) >= 11 is 1.58. The summed E-state index contributed by atoms with van der Waals surface area (Å²) in [4.78, 5) is 46.9. The van der Waals surface area contributed by atoms with Crippen LogP contribution in [0.3, 0.4) is 0 Å². The molecule has 41 heavy (non-hydrogen) atoms. The van der Waals surface area contributed by atoms with Crippen LogP contribution in [0.4, 0.5) is 0 Å². The largest absolute Gasteiger partial charge is 0.461 e. The maximum absolute atomic E-state index is 14.1. The first kappa shape index (κ1) is 28.9. The summed E-state index contributed by atoms with van der Waals surface area (Å²) < 4.78 is 10.7. The van der Waals surface area contributed by atoms with E-state index in [4.69, 9.17) is 9.26 Å². The highest BCUT2D eigenvalue weighted by atomic mass is 32.1. The van der Waals surface area contributed by atoms with Crippen molar-refractivity contribution >= 4 is 29.1 Å². The summed E-state index contributed by atoms with van der Waals surface area (Å²) in [6.07, 6.45) is 0.446. The highest BCUT2D eigenvalue weighted by molar-refractivity contribution is 7.13. The molecule has 0 bridgehead atoms. The second kappa shape index (κ2) is 11.4. The summed E-state index contributed by atoms with van der Waals surface area (Å²) in [5, 5.41) is 17.5. The van der Waals surface area contributed by atoms with E-state index < -0.39 is 29.4 Å². The molecule has 218 valence electrons. The Kier molecular flexibility index (Phi) is 8.02. The number of aliphatic hydroxyl groups excluding tert-OH is 1. The van der Waals surface area contributed by atoms with Crippen LogP contribution in [0.5, 0.6) is 0 Å². The number of fused-ring (bicyclic) bond motifs is 1. The number of nitrogens with zero attached hydrogens (tertiary/aromatic N) is 3. The highest BCUT2D eigenvalue weighted by Crippen LogP contribution is 2.47. The van der Waals surface area contributed by atoms with Gasteiger partial charge in [0, 0.05) is 18.5 Å². The minimum Gasteiger partial charge on any atom is -0.461 e. The molecule has 0 spiro atoms. The second-order valence-corrected chi connectivity index (χ2v) is 12.4. The van der Waals surface area contributed by atoms with E-state index in [1.165, 1.54) is 4.90 Å². The van der Waals surface area contributed by atoms with E-state index in [0.29, 0.717) is 24.2 Å². The standard InChI is InChI=1S/C30H36N4O6S/c1-6-39-29(38)24-21-11-12-30(4,5)23(25(21)40-33-24)28(37)34-14-20(35)13-22(34)27(36)32-16(2)18-7-9-19(10-8-18)26-17(3)31-15-41-26/h7-10,15-16,20,22-23,35H,6,11-14H2,1-5H3,(H,32,36)/t16-,20+,22-,23+/m0/s1. The molecular weight excluding hydrogens is 544 g/mol. The van der Waals surface area contributed by atoms with Crippen LogP contribution in [0.1, 0.15) is 85.6 Å². The molecule has 1 aromatic carbocycles. The Bertz CT molecular complexity index is 1450. The van der Waals surface area contributed by atoms with Crippen molar-refractivity contribution in [3.63, 3.8) is 0 Å². The van der Waals surface area contributed by atoms with Crippen LogP contribution < -0.4 is 5.32 Å². The van der Waals surface area contributed by atoms with Gasteiger partial charge in [0.1, 0.15) is 12.0 Å². The number of likely N-dealkylation sites (tertiary alicyclic amines) is 1. The van der Waals surface area contributed by atoms with Crippen molar-refractivity contribution in [3.8, 4) is 10.4 Å². The Balaban J connectivity index is 1.34. The lowest BCUT2D eigenvalue weighted by Crippen LogP contribution is -2.50. The topological polar surface area (TPSA) is 135 Å². The van der Waals surface area contributed by atoms with Gasteiger partial charge in [0.05, 0.1) is 34.8 Å². The molecule has 1 aliphatic heterocycles. The molecule has 1 aliphatic carbocycles. The number of β-amino-alcohol motifs (C(OH)–C–C–N with tert-alkyl or cyclic N) is 1. The lowest BCUT2D eigenvalue weighted by atomic mass is 9.68. The van der Waals surface area contributed by atoms with E-state index in [2.05, 4.69) is 15.5 Å². The Labute approximate surface area is 243 Å². The van der Waals surface area contributed by atoms with E-state index in [1.54, 1.807) is 18.3 Å². The zero-order valence-electron chi connectivity index (χ0n) is 24.0. The number of aromatic nitrogens is 2. The third-order valence-electron chi connectivity index (χ3n) is 8.24. The van der Waals surface area contributed by atoms with Gasteiger partial charge in [-0.05, 0) is 50.2 Å². The molecule has 2 N–H and O–H groups in total. The first-order valence-corrected chi connectivity index (χ1v) is 14.8. The SMILES string of the molecule is CCOC(=O)c1noc2c1CCC(C)(C)[C@H]2C(=O)N1C[C@H](O)C[C@H]1C(=O)N[C@@H](C)c1ccc(-c2scnc2C)cc1. The Hall–Kier alpha value is -3.57. The molecule has 2 aromatic heterocycles. The number of nitrogens with one attached hydrogen (secondary N) is 1. The quantitative estimate of drug-likeness (QED) is 0.398. The molecule has 1 fully saturated rings. The number of thiazole rings is 1. The molecular formula is C30H36N4O6S. The molecule has 10 nitrogen and oxygen atoms in total. The van der Waals surface area contributed by atoms with Crippen molar-refractivity contribution in [2.75, 3.05) is 13.2 Å². The number of hydrogen-bond donors (Lipinski definition) is 2. The Morgan fingerprint density at radius 1 is 1.27 bits per heavy atom. The van der Waals surface area contributed by atoms with Crippen LogP contribution in [0.2, 0.25) is 0 Å². The van der Waals surface area contributed by atoms with E-state index in [9.17, 15) is 19.5 Å². The third kappa shape index (κ3) is 5.52. The molecule has 0 radical (unpaired) electrons. The molecule has 5 rings (SSSR count). The van der Waals surface area contributed by atoms with Gasteiger partial charge in [0.15, 0.2) is 11.5 Å². The number of amides is 2. The fourth-order valence-electron chi connectivity index (χ4n) is 5.91. The second-order valence-electron chi connectivity index (χ2n) is 11.5. The van der Waals surface area contributed by atoms with Crippen molar-refractivity contribution in [2.45, 2.75) is 78.0 Å². The summed E-state index contributed by atoms with van der Waals surface area (Å²) in [7, 11) is 0. The minimum absolute atomic E-state index is 0.0367. The van der Waals surface area contributed by atoms with Crippen molar-refractivity contribution in [1.82, 2.24) is 20.4 Å². The summed E-state index contributed by atoms with van der Waals surface area (Å²) in [5.41, 5.74) is 4.94. The highest BCUT2D eigenvalue weighted by Gasteiger charge is 2.50. The fraction of sp³-hybridized carbons (Fsp3) is 0.500. The third-order valence-corrected chi connectivity index (χ3v) is 9.22. The smallest absolute Gasteiger partial charge is 0.360 e. The van der Waals surface area contributed by atoms with Crippen LogP contribution in [0.25, 0.3) is 10.4 Å². The summed E-state index contributed by atoms with van der Waals surface area (Å²) in [5.74, 6) is -1.66. The molecule has 0 saturated carbocycles. The summed E-state index contributed by atoms with van der Waals surface area (Å²) in [6.45, 7) is 9.74. The van der Waals surface area contributed by atoms with Gasteiger partial charge in [-0.3, -0.25) is 9.59 Å². The van der Waals surface area contributed by atoms with Gasteiger partial charge in [0.2, 0.25) is 11.8 Å². The Morgan fingerprint density at radius 3 is 2.66 bits per heavy atom. The van der Waals surface area contributed by atoms with Gasteiger partial charge < -0.3 is 24.6 Å². The van der Waals surface area contributed by atoms with Gasteiger partial charge >= 0.3 is 5.97 Å². The Morgan fingerprint density at radius 2 is 2.00 bits per heavy atom. The van der Waals surface area contributed by atoms with Crippen molar-refractivity contribution < 1.29 is 28.8 Å². The number of rotatable bonds is 7. The van der Waals surface area contributed by atoms with Gasteiger partial charge in [0.25, 0.3) is 0 Å². The maximum atomic E-state index is 14.1. The average Bonchev–Trinajstić information content (AvgIpc) is 3.66. The molecule has 3 aromatic rings. The predicted octanol–water partition coefficient (Wildman–Crippen LogP) is 4.18. The summed E-state index contributed by atoms with van der Waals surface area (Å²) in [6, 6.07) is 6.82. The molecule has 2 amide bonds.